The Morgan fingerprint density at radius 3 is 2.19 bits per heavy atom. The molecule has 0 saturated heterocycles. The van der Waals surface area contributed by atoms with E-state index in [0.29, 0.717) is 23.4 Å². The van der Waals surface area contributed by atoms with Crippen molar-refractivity contribution in [1.82, 2.24) is 19.9 Å². The third kappa shape index (κ3) is 8.25. The number of allylic oxidation sites excluding steroid dienone is 9. The molecule has 0 saturated carbocycles. The lowest BCUT2D eigenvalue weighted by Gasteiger charge is -2.09. The summed E-state index contributed by atoms with van der Waals surface area (Å²) in [6.07, 6.45) is 19.6. The summed E-state index contributed by atoms with van der Waals surface area (Å²) >= 11 is 0. The monoisotopic (exact) mass is 416 g/mol. The van der Waals surface area contributed by atoms with Crippen molar-refractivity contribution in [2.24, 2.45) is 5.92 Å². The number of rotatable bonds is 9. The normalized spacial score (nSPS) is 13.2. The summed E-state index contributed by atoms with van der Waals surface area (Å²) in [5.41, 5.74) is 2.80. The van der Waals surface area contributed by atoms with Gasteiger partial charge in [-0.25, -0.2) is 15.0 Å². The van der Waals surface area contributed by atoms with Crippen LogP contribution in [0.2, 0.25) is 0 Å². The van der Waals surface area contributed by atoms with E-state index < -0.39 is 0 Å². The molecule has 0 amide bonds. The van der Waals surface area contributed by atoms with Crippen LogP contribution in [0.5, 0.6) is 0 Å². The second-order valence-electron chi connectivity index (χ2n) is 6.71. The molecule has 0 aliphatic rings. The number of hydrogen-bond donors (Lipinski definition) is 0. The molecule has 0 fully saturated rings. The summed E-state index contributed by atoms with van der Waals surface area (Å²) < 4.78 is 0. The molecule has 4 nitrogen and oxygen atoms in total. The van der Waals surface area contributed by atoms with Gasteiger partial charge in [0.1, 0.15) is 0 Å². The SMILES string of the molecule is C=C/C=C(\C=C/C(C)CC)c1nc(C(/C=C\C)=C/CC)nc(-c2ccncc2)n1.CC. The van der Waals surface area contributed by atoms with E-state index in [1.54, 1.807) is 18.5 Å². The van der Waals surface area contributed by atoms with E-state index in [-0.39, 0.29) is 0 Å². The van der Waals surface area contributed by atoms with Crippen LogP contribution in [0, 0.1) is 5.92 Å². The minimum Gasteiger partial charge on any atom is -0.265 e. The van der Waals surface area contributed by atoms with Gasteiger partial charge < -0.3 is 0 Å². The molecule has 0 aromatic carbocycles. The number of aromatic nitrogens is 4. The predicted molar refractivity (Wildman–Crippen MR) is 134 cm³/mol. The van der Waals surface area contributed by atoms with Gasteiger partial charge in [0.05, 0.1) is 0 Å². The Bertz CT molecular complexity index is 922. The Kier molecular flexibility index (Phi) is 12.3. The highest BCUT2D eigenvalue weighted by atomic mass is 15.0. The first-order valence-electron chi connectivity index (χ1n) is 11.1. The molecular weight excluding hydrogens is 380 g/mol. The maximum Gasteiger partial charge on any atom is 0.164 e. The van der Waals surface area contributed by atoms with Crippen LogP contribution in [0.3, 0.4) is 0 Å². The van der Waals surface area contributed by atoms with Crippen LogP contribution in [-0.2, 0) is 0 Å². The molecule has 0 bridgehead atoms. The number of nitrogens with zero attached hydrogens (tertiary/aromatic N) is 4. The smallest absolute Gasteiger partial charge is 0.164 e. The molecule has 1 unspecified atom stereocenters. The van der Waals surface area contributed by atoms with E-state index in [9.17, 15) is 0 Å². The second-order valence-corrected chi connectivity index (χ2v) is 6.71. The zero-order valence-corrected chi connectivity index (χ0v) is 19.8. The molecule has 0 N–H and O–H groups in total. The van der Waals surface area contributed by atoms with Gasteiger partial charge in [-0.05, 0) is 31.4 Å². The van der Waals surface area contributed by atoms with Gasteiger partial charge in [0.25, 0.3) is 0 Å². The summed E-state index contributed by atoms with van der Waals surface area (Å²) in [5, 5.41) is 0. The molecule has 0 radical (unpaired) electrons. The van der Waals surface area contributed by atoms with Crippen molar-refractivity contribution < 1.29 is 0 Å². The van der Waals surface area contributed by atoms with Gasteiger partial charge in [-0.3, -0.25) is 4.98 Å². The Balaban J connectivity index is 0.00000233. The van der Waals surface area contributed by atoms with Crippen molar-refractivity contribution in [2.75, 3.05) is 0 Å². The minimum absolute atomic E-state index is 0.475. The van der Waals surface area contributed by atoms with Crippen LogP contribution < -0.4 is 0 Å². The van der Waals surface area contributed by atoms with Gasteiger partial charge in [-0.1, -0.05) is 90.2 Å². The van der Waals surface area contributed by atoms with Crippen molar-refractivity contribution in [1.29, 1.82) is 0 Å². The fourth-order valence-corrected chi connectivity index (χ4v) is 2.63. The van der Waals surface area contributed by atoms with E-state index in [2.05, 4.69) is 50.6 Å². The molecule has 2 aromatic heterocycles. The summed E-state index contributed by atoms with van der Waals surface area (Å²) in [4.78, 5) is 18.4. The van der Waals surface area contributed by atoms with Crippen LogP contribution in [0.25, 0.3) is 22.5 Å². The highest BCUT2D eigenvalue weighted by Gasteiger charge is 2.13. The summed E-state index contributed by atoms with van der Waals surface area (Å²) in [5.74, 6) is 2.40. The molecule has 1 atom stereocenters. The fourth-order valence-electron chi connectivity index (χ4n) is 2.63. The summed E-state index contributed by atoms with van der Waals surface area (Å²) in [6, 6.07) is 3.82. The molecule has 2 rings (SSSR count). The average Bonchev–Trinajstić information content (AvgIpc) is 2.83. The second kappa shape index (κ2) is 14.8. The predicted octanol–water partition coefficient (Wildman–Crippen LogP) is 7.50. The zero-order chi connectivity index (χ0) is 23.1. The maximum absolute atomic E-state index is 4.79. The zero-order valence-electron chi connectivity index (χ0n) is 19.8. The molecule has 4 heteroatoms. The third-order valence-electron chi connectivity index (χ3n) is 4.41. The van der Waals surface area contributed by atoms with Gasteiger partial charge in [-0.15, -0.1) is 0 Å². The molecule has 31 heavy (non-hydrogen) atoms. The molecule has 2 aromatic rings. The van der Waals surface area contributed by atoms with Crippen molar-refractivity contribution in [2.45, 2.75) is 54.4 Å². The van der Waals surface area contributed by atoms with E-state index in [0.717, 1.165) is 29.6 Å². The highest BCUT2D eigenvalue weighted by molar-refractivity contribution is 5.75. The lowest BCUT2D eigenvalue weighted by atomic mass is 10.1. The minimum atomic E-state index is 0.475. The van der Waals surface area contributed by atoms with Gasteiger partial charge in [0.15, 0.2) is 17.5 Å². The standard InChI is InChI=1S/C25H30N4.C2H6/c1-6-10-20(11-7-2)23-27-24(21(12-8-3)14-13-19(5)9-4)29-25(28-23)22-15-17-26-18-16-22;1-2/h6,8,10-19H,3,7,9H2,1-2,4-5H3;1-2H3/b10-6-,14-13-,20-11+,21-12+;. The van der Waals surface area contributed by atoms with E-state index in [1.165, 1.54) is 0 Å². The van der Waals surface area contributed by atoms with Gasteiger partial charge in [0.2, 0.25) is 0 Å². The molecule has 0 aliphatic heterocycles. The largest absolute Gasteiger partial charge is 0.265 e. The number of pyridine rings is 1. The van der Waals surface area contributed by atoms with E-state index >= 15 is 0 Å². The lowest BCUT2D eigenvalue weighted by Crippen LogP contribution is -2.04. The quantitative estimate of drug-likeness (QED) is 0.397. The molecule has 164 valence electrons. The topological polar surface area (TPSA) is 51.6 Å². The van der Waals surface area contributed by atoms with Crippen molar-refractivity contribution in [3.8, 4) is 11.4 Å². The Morgan fingerprint density at radius 2 is 1.65 bits per heavy atom. The summed E-state index contributed by atoms with van der Waals surface area (Å²) in [7, 11) is 0. The van der Waals surface area contributed by atoms with Crippen molar-refractivity contribution in [3.05, 3.63) is 85.3 Å². The Hall–Kier alpha value is -3.14. The molecule has 0 spiro atoms. The molecule has 2 heterocycles. The Labute approximate surface area is 188 Å². The highest BCUT2D eigenvalue weighted by Crippen LogP contribution is 2.22. The first-order chi connectivity index (χ1) is 15.1. The van der Waals surface area contributed by atoms with Crippen LogP contribution in [0.4, 0.5) is 0 Å². The lowest BCUT2D eigenvalue weighted by molar-refractivity contribution is 0.698. The third-order valence-corrected chi connectivity index (χ3v) is 4.41. The van der Waals surface area contributed by atoms with Crippen LogP contribution in [-0.4, -0.2) is 19.9 Å². The first-order valence-corrected chi connectivity index (χ1v) is 11.1. The van der Waals surface area contributed by atoms with Crippen LogP contribution >= 0.6 is 0 Å². The van der Waals surface area contributed by atoms with E-state index in [4.69, 9.17) is 15.0 Å². The maximum atomic E-state index is 4.79. The molecule has 0 aliphatic carbocycles. The van der Waals surface area contributed by atoms with Crippen molar-refractivity contribution >= 4 is 11.1 Å². The fraction of sp³-hybridized carbons (Fsp3) is 0.333. The van der Waals surface area contributed by atoms with Crippen LogP contribution in [0.15, 0.2) is 73.6 Å². The average molecular weight is 417 g/mol. The first kappa shape index (κ1) is 25.9. The van der Waals surface area contributed by atoms with Crippen molar-refractivity contribution in [3.63, 3.8) is 0 Å². The Morgan fingerprint density at radius 1 is 1.00 bits per heavy atom. The van der Waals surface area contributed by atoms with Gasteiger partial charge >= 0.3 is 0 Å². The van der Waals surface area contributed by atoms with Gasteiger partial charge in [0, 0.05) is 29.1 Å². The van der Waals surface area contributed by atoms with Gasteiger partial charge in [-0.2, -0.15) is 0 Å². The summed E-state index contributed by atoms with van der Waals surface area (Å²) in [6.45, 7) is 16.3. The molecular formula is C27H36N4. The van der Waals surface area contributed by atoms with E-state index in [1.807, 2.05) is 51.1 Å². The van der Waals surface area contributed by atoms with Crippen LogP contribution in [0.1, 0.15) is 66.0 Å². The number of hydrogen-bond acceptors (Lipinski definition) is 4.